The van der Waals surface area contributed by atoms with E-state index in [9.17, 15) is 52.3 Å². The van der Waals surface area contributed by atoms with Gasteiger partial charge < -0.3 is 39.3 Å². The van der Waals surface area contributed by atoms with Crippen molar-refractivity contribution in [2.75, 3.05) is 45.9 Å². The molecule has 6 amide bonds. The summed E-state index contributed by atoms with van der Waals surface area (Å²) in [4.78, 5) is 119. The molecule has 74 heavy (non-hydrogen) atoms. The number of likely N-dealkylation sites (tertiary alicyclic amines) is 2. The molecular formula is C52H61FN7O12PS. The molecule has 4 aliphatic rings. The number of carbonyl (C=O) groups is 6. The van der Waals surface area contributed by atoms with Crippen LogP contribution in [-0.4, -0.2) is 133 Å². The van der Waals surface area contributed by atoms with Crippen LogP contribution >= 0.6 is 18.9 Å². The maximum Gasteiger partial charge on any atom is 0.363 e. The summed E-state index contributed by atoms with van der Waals surface area (Å²) in [5, 5.41) is 5.62. The zero-order chi connectivity index (χ0) is 52.8. The van der Waals surface area contributed by atoms with E-state index < -0.39 is 67.0 Å². The van der Waals surface area contributed by atoms with Gasteiger partial charge in [-0.3, -0.25) is 47.8 Å². The molecule has 6 heterocycles. The van der Waals surface area contributed by atoms with Gasteiger partial charge in [0.05, 0.1) is 35.2 Å². The molecule has 3 aromatic carbocycles. The Morgan fingerprint density at radius 1 is 0.919 bits per heavy atom. The highest BCUT2D eigenvalue weighted by atomic mass is 32.1. The third-order valence-corrected chi connectivity index (χ3v) is 16.7. The standard InChI is InChI=1S/C52H61FN7O12PS/c1-52(2,3)45(55-48(64)41-27-34-26-33(11-14-40(34)74-41)46(53)73(68,69)70)50(66)59-21-18-38(44(59)49(65)58-22-23-71-39(28-58)32-8-6-5-7-9-32)72-29-43(62)57-19-16-30(17-20-57)24-31-10-12-35-37(25-31)56(4)51(67)60(35)36-13-15-42(61)54-47(36)63/h5-12,14,25-27,30,36,38-39,44-46H,13,15-24,28-29H2,1-4H3,(H,55,64)(H,54,61,63)(H2,68,69,70)/t36?,38-,39+,44+,45-,46-/m1/s1. The zero-order valence-corrected chi connectivity index (χ0v) is 43.3. The predicted molar refractivity (Wildman–Crippen MR) is 272 cm³/mol. The average molecular weight is 1060 g/mol. The molecule has 0 radical (unpaired) electrons. The summed E-state index contributed by atoms with van der Waals surface area (Å²) in [6.45, 7) is 6.82. The number of nitrogens with zero attached hydrogens (tertiary/aromatic N) is 5. The van der Waals surface area contributed by atoms with Crippen LogP contribution in [0.1, 0.15) is 97.3 Å². The Kier molecular flexibility index (Phi) is 15.2. The summed E-state index contributed by atoms with van der Waals surface area (Å²) in [6.07, 6.45) is 1.49. The van der Waals surface area contributed by atoms with Crippen LogP contribution in [0.2, 0.25) is 0 Å². The van der Waals surface area contributed by atoms with Crippen LogP contribution in [-0.2, 0) is 51.5 Å². The summed E-state index contributed by atoms with van der Waals surface area (Å²) in [6, 6.07) is 17.7. The molecule has 1 unspecified atom stereocenters. The number of fused-ring (bicyclic) bond motifs is 2. The first kappa shape index (κ1) is 52.8. The lowest BCUT2D eigenvalue weighted by atomic mass is 9.85. The Bertz CT molecular complexity index is 3100. The fraction of sp³-hybridized carbons (Fsp3) is 0.481. The highest BCUT2D eigenvalue weighted by molar-refractivity contribution is 7.51. The van der Waals surface area contributed by atoms with E-state index in [4.69, 9.17) is 9.47 Å². The number of imidazole rings is 1. The molecule has 2 aromatic heterocycles. The summed E-state index contributed by atoms with van der Waals surface area (Å²) in [7, 11) is -3.42. The van der Waals surface area contributed by atoms with Crippen molar-refractivity contribution in [1.82, 2.24) is 34.5 Å². The van der Waals surface area contributed by atoms with Gasteiger partial charge in [0.1, 0.15) is 30.8 Å². The van der Waals surface area contributed by atoms with Crippen molar-refractivity contribution in [2.24, 2.45) is 18.4 Å². The van der Waals surface area contributed by atoms with Crippen LogP contribution in [0, 0.1) is 11.3 Å². The molecule has 4 fully saturated rings. The number of hydrogen-bond donors (Lipinski definition) is 4. The number of halogens is 1. The van der Waals surface area contributed by atoms with E-state index in [0.717, 1.165) is 22.5 Å². The van der Waals surface area contributed by atoms with Gasteiger partial charge in [-0.1, -0.05) is 63.2 Å². The number of rotatable bonds is 13. The van der Waals surface area contributed by atoms with Crippen LogP contribution in [0.15, 0.2) is 77.6 Å². The molecule has 22 heteroatoms. The molecule has 0 bridgehead atoms. The van der Waals surface area contributed by atoms with E-state index in [1.807, 2.05) is 48.5 Å². The van der Waals surface area contributed by atoms with Gasteiger partial charge in [0.2, 0.25) is 35.4 Å². The second kappa shape index (κ2) is 21.3. The van der Waals surface area contributed by atoms with Crippen LogP contribution in [0.4, 0.5) is 4.39 Å². The number of hydrogen-bond acceptors (Lipinski definition) is 11. The van der Waals surface area contributed by atoms with E-state index >= 15 is 0 Å². The van der Waals surface area contributed by atoms with Crippen molar-refractivity contribution in [2.45, 2.75) is 95.5 Å². The normalized spacial score (nSPS) is 22.0. The first-order chi connectivity index (χ1) is 35.2. The molecule has 5 aromatic rings. The second-order valence-electron chi connectivity index (χ2n) is 20.8. The summed E-state index contributed by atoms with van der Waals surface area (Å²) >= 11 is 1.07. The highest BCUT2D eigenvalue weighted by Crippen LogP contribution is 2.53. The van der Waals surface area contributed by atoms with E-state index in [0.29, 0.717) is 53.5 Å². The zero-order valence-electron chi connectivity index (χ0n) is 41.6. The number of piperidine rings is 2. The molecule has 9 rings (SSSR count). The Balaban J connectivity index is 0.874. The lowest BCUT2D eigenvalue weighted by Gasteiger charge is -2.39. The molecule has 0 spiro atoms. The molecular weight excluding hydrogens is 997 g/mol. The van der Waals surface area contributed by atoms with E-state index in [-0.39, 0.29) is 91.9 Å². The largest absolute Gasteiger partial charge is 0.370 e. The first-order valence-corrected chi connectivity index (χ1v) is 27.4. The second-order valence-corrected chi connectivity index (χ2v) is 23.5. The number of aromatic nitrogens is 2. The summed E-state index contributed by atoms with van der Waals surface area (Å²) < 4.78 is 42.2. The number of amides is 6. The fourth-order valence-electron chi connectivity index (χ4n) is 10.7. The number of ether oxygens (including phenoxy) is 2. The van der Waals surface area contributed by atoms with Gasteiger partial charge in [-0.25, -0.2) is 9.18 Å². The van der Waals surface area contributed by atoms with E-state index in [1.54, 1.807) is 37.6 Å². The molecule has 0 aliphatic carbocycles. The Morgan fingerprint density at radius 2 is 1.66 bits per heavy atom. The number of benzene rings is 3. The minimum absolute atomic E-state index is 0.103. The third-order valence-electron chi connectivity index (χ3n) is 14.7. The van der Waals surface area contributed by atoms with Crippen LogP contribution in [0.5, 0.6) is 0 Å². The average Bonchev–Trinajstić information content (AvgIpc) is 4.08. The first-order valence-electron chi connectivity index (χ1n) is 24.9. The number of nitrogens with one attached hydrogen (secondary N) is 2. The Morgan fingerprint density at radius 3 is 2.36 bits per heavy atom. The van der Waals surface area contributed by atoms with Gasteiger partial charge in [-0.05, 0) is 95.8 Å². The van der Waals surface area contributed by atoms with Gasteiger partial charge in [0.15, 0.2) is 0 Å². The van der Waals surface area contributed by atoms with Gasteiger partial charge in [0.25, 0.3) is 5.91 Å². The molecule has 4 saturated heterocycles. The SMILES string of the molecule is Cn1c(=O)n(C2CCC(=O)NC2=O)c2ccc(CC3CCN(C(=O)CO[C@@H]4CCN(C(=O)[C@@H](NC(=O)c5cc6cc([C@H](F)P(=O)(O)O)ccc6s5)C(C)(C)C)[C@@H]4C(=O)N4CCO[C@H](c5ccccc5)C4)CC3)cc21. The fourth-order valence-corrected chi connectivity index (χ4v) is 12.2. The number of morpholine rings is 1. The molecule has 0 saturated carbocycles. The minimum Gasteiger partial charge on any atom is -0.370 e. The number of imide groups is 1. The smallest absolute Gasteiger partial charge is 0.363 e. The van der Waals surface area contributed by atoms with Crippen LogP contribution in [0.25, 0.3) is 21.1 Å². The van der Waals surface area contributed by atoms with Crippen molar-refractivity contribution >= 4 is 75.5 Å². The van der Waals surface area contributed by atoms with Crippen LogP contribution < -0.4 is 16.3 Å². The van der Waals surface area contributed by atoms with Gasteiger partial charge in [-0.15, -0.1) is 11.3 Å². The molecule has 6 atom stereocenters. The minimum atomic E-state index is -5.08. The van der Waals surface area contributed by atoms with Gasteiger partial charge >= 0.3 is 13.3 Å². The van der Waals surface area contributed by atoms with Crippen molar-refractivity contribution in [3.63, 3.8) is 0 Å². The van der Waals surface area contributed by atoms with Crippen molar-refractivity contribution in [1.29, 1.82) is 0 Å². The van der Waals surface area contributed by atoms with E-state index in [1.165, 1.54) is 38.3 Å². The lowest BCUT2D eigenvalue weighted by molar-refractivity contribution is -0.156. The monoisotopic (exact) mass is 1060 g/mol. The quantitative estimate of drug-likeness (QED) is 0.0911. The van der Waals surface area contributed by atoms with Crippen molar-refractivity contribution < 1.29 is 57.0 Å². The van der Waals surface area contributed by atoms with Crippen molar-refractivity contribution in [3.8, 4) is 0 Å². The molecule has 394 valence electrons. The predicted octanol–water partition coefficient (Wildman–Crippen LogP) is 4.89. The Hall–Kier alpha value is -6.09. The maximum absolute atomic E-state index is 14.9. The van der Waals surface area contributed by atoms with Crippen LogP contribution in [0.3, 0.4) is 0 Å². The number of alkyl halides is 1. The van der Waals surface area contributed by atoms with Crippen molar-refractivity contribution in [3.05, 3.63) is 105 Å². The maximum atomic E-state index is 14.9. The number of carbonyl (C=O) groups excluding carboxylic acids is 6. The number of aryl methyl sites for hydroxylation is 1. The Labute approximate surface area is 430 Å². The molecule has 4 aliphatic heterocycles. The highest BCUT2D eigenvalue weighted by Gasteiger charge is 2.49. The summed E-state index contributed by atoms with van der Waals surface area (Å²) in [5.74, 6) is -4.89. The van der Waals surface area contributed by atoms with Gasteiger partial charge in [0, 0.05) is 44.3 Å². The molecule has 4 N–H and O–H groups in total. The number of thiophene rings is 1. The lowest BCUT2D eigenvalue weighted by Crippen LogP contribution is -2.60. The summed E-state index contributed by atoms with van der Waals surface area (Å²) in [5.41, 5.74) is 1.75. The van der Waals surface area contributed by atoms with E-state index in [2.05, 4.69) is 10.6 Å². The molecule has 19 nitrogen and oxygen atoms in total. The topological polar surface area (TPSA) is 239 Å². The third kappa shape index (κ3) is 11.0. The van der Waals surface area contributed by atoms with Gasteiger partial charge in [-0.2, -0.15) is 0 Å².